The molecule has 0 aliphatic heterocycles. The minimum absolute atomic E-state index is 0.0613. The highest BCUT2D eigenvalue weighted by Crippen LogP contribution is 2.23. The molecule has 0 radical (unpaired) electrons. The zero-order chi connectivity index (χ0) is 14.8. The second-order valence-corrected chi connectivity index (χ2v) is 6.40. The summed E-state index contributed by atoms with van der Waals surface area (Å²) in [5.74, 6) is 0. The fraction of sp³-hybridized carbons (Fsp3) is 0.0625. The zero-order valence-electron chi connectivity index (χ0n) is 11.0. The van der Waals surface area contributed by atoms with E-state index in [2.05, 4.69) is 37.0 Å². The van der Waals surface area contributed by atoms with Gasteiger partial charge < -0.3 is 0 Å². The Hall–Kier alpha value is -1.59. The maximum atomic E-state index is 12.3. The summed E-state index contributed by atoms with van der Waals surface area (Å²) >= 11 is 6.84. The van der Waals surface area contributed by atoms with E-state index in [0.717, 1.165) is 21.3 Å². The molecule has 3 rings (SSSR count). The molecule has 106 valence electrons. The van der Waals surface area contributed by atoms with Crippen LogP contribution >= 0.6 is 31.9 Å². The number of aromatic amines is 1. The number of hydrogen-bond donors (Lipinski definition) is 1. The summed E-state index contributed by atoms with van der Waals surface area (Å²) in [4.78, 5) is 12.3. The molecule has 0 amide bonds. The number of H-pyrrole nitrogens is 1. The van der Waals surface area contributed by atoms with E-state index < -0.39 is 0 Å². The summed E-state index contributed by atoms with van der Waals surface area (Å²) in [7, 11) is 0. The molecule has 0 bridgehead atoms. The van der Waals surface area contributed by atoms with Crippen LogP contribution in [-0.4, -0.2) is 9.78 Å². The van der Waals surface area contributed by atoms with E-state index in [9.17, 15) is 4.79 Å². The molecule has 3 aromatic rings. The van der Waals surface area contributed by atoms with E-state index in [1.54, 1.807) is 4.68 Å². The number of halogens is 2. The van der Waals surface area contributed by atoms with Crippen LogP contribution in [0.4, 0.5) is 0 Å². The molecule has 1 aromatic heterocycles. The molecular weight excluding hydrogens is 396 g/mol. The average molecular weight is 408 g/mol. The molecule has 0 saturated carbocycles. The smallest absolute Gasteiger partial charge is 0.281 e. The fourth-order valence-corrected chi connectivity index (χ4v) is 3.16. The van der Waals surface area contributed by atoms with Gasteiger partial charge in [-0.25, -0.2) is 4.68 Å². The third kappa shape index (κ3) is 3.04. The van der Waals surface area contributed by atoms with Crippen molar-refractivity contribution >= 4 is 31.9 Å². The number of nitrogens with one attached hydrogen (secondary N) is 1. The standard InChI is InChI=1S/C16H12Br2N2O/c17-13-8-4-5-11(9-13)10-20-16(21)14(18)15(19-20)12-6-2-1-3-7-12/h1-9,19H,10H2. The van der Waals surface area contributed by atoms with Crippen molar-refractivity contribution in [3.8, 4) is 11.3 Å². The van der Waals surface area contributed by atoms with Crippen molar-refractivity contribution in [2.24, 2.45) is 0 Å². The molecule has 2 aromatic carbocycles. The quantitative estimate of drug-likeness (QED) is 0.685. The lowest BCUT2D eigenvalue weighted by atomic mass is 10.2. The van der Waals surface area contributed by atoms with Crippen LogP contribution in [0.1, 0.15) is 5.56 Å². The van der Waals surface area contributed by atoms with E-state index in [4.69, 9.17) is 0 Å². The number of rotatable bonds is 3. The van der Waals surface area contributed by atoms with E-state index in [1.165, 1.54) is 0 Å². The largest absolute Gasteiger partial charge is 0.293 e. The molecule has 0 saturated heterocycles. The second kappa shape index (κ2) is 6.03. The van der Waals surface area contributed by atoms with Gasteiger partial charge >= 0.3 is 0 Å². The Bertz CT molecular complexity index is 822. The van der Waals surface area contributed by atoms with Crippen molar-refractivity contribution in [3.63, 3.8) is 0 Å². The summed E-state index contributed by atoms with van der Waals surface area (Å²) in [6.07, 6.45) is 0. The zero-order valence-corrected chi connectivity index (χ0v) is 14.2. The van der Waals surface area contributed by atoms with Gasteiger partial charge in [0.25, 0.3) is 5.56 Å². The lowest BCUT2D eigenvalue weighted by Gasteiger charge is -2.03. The minimum Gasteiger partial charge on any atom is -0.293 e. The number of benzene rings is 2. The van der Waals surface area contributed by atoms with Gasteiger partial charge in [0.15, 0.2) is 0 Å². The van der Waals surface area contributed by atoms with Gasteiger partial charge in [-0.2, -0.15) is 0 Å². The Morgan fingerprint density at radius 2 is 1.76 bits per heavy atom. The molecular formula is C16H12Br2N2O. The van der Waals surface area contributed by atoms with Gasteiger partial charge in [0, 0.05) is 10.0 Å². The maximum absolute atomic E-state index is 12.3. The van der Waals surface area contributed by atoms with Crippen molar-refractivity contribution in [1.82, 2.24) is 9.78 Å². The SMILES string of the molecule is O=c1c(Br)c(-c2ccccc2)[nH]n1Cc1cccc(Br)c1. The maximum Gasteiger partial charge on any atom is 0.281 e. The lowest BCUT2D eigenvalue weighted by molar-refractivity contribution is 0.665. The third-order valence-electron chi connectivity index (χ3n) is 3.19. The molecule has 0 aliphatic rings. The summed E-state index contributed by atoms with van der Waals surface area (Å²) < 4.78 is 3.17. The Morgan fingerprint density at radius 3 is 2.48 bits per heavy atom. The number of hydrogen-bond acceptors (Lipinski definition) is 1. The molecule has 3 nitrogen and oxygen atoms in total. The first-order chi connectivity index (χ1) is 10.1. The van der Waals surface area contributed by atoms with Crippen LogP contribution < -0.4 is 5.56 Å². The summed E-state index contributed by atoms with van der Waals surface area (Å²) in [5.41, 5.74) is 2.78. The van der Waals surface area contributed by atoms with Crippen LogP contribution in [0, 0.1) is 0 Å². The van der Waals surface area contributed by atoms with Crippen LogP contribution in [0.2, 0.25) is 0 Å². The highest BCUT2D eigenvalue weighted by Gasteiger charge is 2.13. The van der Waals surface area contributed by atoms with Crippen LogP contribution in [-0.2, 0) is 6.54 Å². The van der Waals surface area contributed by atoms with Crippen molar-refractivity contribution in [2.45, 2.75) is 6.54 Å². The Kier molecular flexibility index (Phi) is 4.12. The first-order valence-electron chi connectivity index (χ1n) is 6.43. The summed E-state index contributed by atoms with van der Waals surface area (Å²) in [5, 5.41) is 3.18. The highest BCUT2D eigenvalue weighted by molar-refractivity contribution is 9.10. The molecule has 1 heterocycles. The first kappa shape index (κ1) is 14.4. The van der Waals surface area contributed by atoms with Gasteiger partial charge in [-0.05, 0) is 33.6 Å². The lowest BCUT2D eigenvalue weighted by Crippen LogP contribution is -2.17. The number of aromatic nitrogens is 2. The number of nitrogens with zero attached hydrogens (tertiary/aromatic N) is 1. The van der Waals surface area contributed by atoms with Crippen LogP contribution in [0.3, 0.4) is 0 Å². The highest BCUT2D eigenvalue weighted by atomic mass is 79.9. The van der Waals surface area contributed by atoms with E-state index in [0.29, 0.717) is 11.0 Å². The van der Waals surface area contributed by atoms with E-state index >= 15 is 0 Å². The molecule has 0 spiro atoms. The molecule has 5 heteroatoms. The van der Waals surface area contributed by atoms with Gasteiger partial charge in [-0.15, -0.1) is 0 Å². The molecule has 0 unspecified atom stereocenters. The van der Waals surface area contributed by atoms with Crippen molar-refractivity contribution in [3.05, 3.63) is 79.5 Å². The normalized spacial score (nSPS) is 10.8. The Morgan fingerprint density at radius 1 is 1.00 bits per heavy atom. The molecule has 1 N–H and O–H groups in total. The predicted octanol–water partition coefficient (Wildman–Crippen LogP) is 4.42. The average Bonchev–Trinajstić information content (AvgIpc) is 2.77. The molecule has 21 heavy (non-hydrogen) atoms. The molecule has 0 aliphatic carbocycles. The van der Waals surface area contributed by atoms with Crippen molar-refractivity contribution in [1.29, 1.82) is 0 Å². The Balaban J connectivity index is 2.00. The van der Waals surface area contributed by atoms with Crippen molar-refractivity contribution in [2.75, 3.05) is 0 Å². The monoisotopic (exact) mass is 406 g/mol. The van der Waals surface area contributed by atoms with Gasteiger partial charge in [-0.1, -0.05) is 58.4 Å². The minimum atomic E-state index is -0.0613. The van der Waals surface area contributed by atoms with E-state index in [-0.39, 0.29) is 5.56 Å². The van der Waals surface area contributed by atoms with Crippen molar-refractivity contribution < 1.29 is 0 Å². The van der Waals surface area contributed by atoms with Crippen LogP contribution in [0.15, 0.2) is 68.3 Å². The first-order valence-corrected chi connectivity index (χ1v) is 8.02. The molecule has 0 fully saturated rings. The van der Waals surface area contributed by atoms with Gasteiger partial charge in [0.1, 0.15) is 4.47 Å². The van der Waals surface area contributed by atoms with Gasteiger partial charge in [0.2, 0.25) is 0 Å². The van der Waals surface area contributed by atoms with Crippen LogP contribution in [0.5, 0.6) is 0 Å². The topological polar surface area (TPSA) is 37.8 Å². The van der Waals surface area contributed by atoms with Gasteiger partial charge in [-0.3, -0.25) is 9.89 Å². The fourth-order valence-electron chi connectivity index (χ4n) is 2.19. The molecule has 0 atom stereocenters. The van der Waals surface area contributed by atoms with E-state index in [1.807, 2.05) is 54.6 Å². The second-order valence-electron chi connectivity index (χ2n) is 4.69. The Labute approximate surface area is 138 Å². The van der Waals surface area contributed by atoms with Crippen LogP contribution in [0.25, 0.3) is 11.3 Å². The van der Waals surface area contributed by atoms with Gasteiger partial charge in [0.05, 0.1) is 12.2 Å². The summed E-state index contributed by atoms with van der Waals surface area (Å²) in [6, 6.07) is 17.7. The third-order valence-corrected chi connectivity index (χ3v) is 4.42. The predicted molar refractivity (Wildman–Crippen MR) is 91.4 cm³/mol. The summed E-state index contributed by atoms with van der Waals surface area (Å²) in [6.45, 7) is 0.504.